The van der Waals surface area contributed by atoms with Crippen molar-refractivity contribution in [1.82, 2.24) is 0 Å². The predicted molar refractivity (Wildman–Crippen MR) is 84.1 cm³/mol. The largest absolute Gasteiger partial charge is 0.507 e. The first-order valence-electron chi connectivity index (χ1n) is 7.09. The van der Waals surface area contributed by atoms with E-state index in [1.165, 1.54) is 0 Å². The molecular formula is C16H25NO5. The molecule has 22 heavy (non-hydrogen) atoms. The van der Waals surface area contributed by atoms with Gasteiger partial charge >= 0.3 is 11.9 Å². The van der Waals surface area contributed by atoms with Crippen molar-refractivity contribution in [2.45, 2.75) is 52.0 Å². The fourth-order valence-corrected chi connectivity index (χ4v) is 1.79. The molecular weight excluding hydrogens is 286 g/mol. The van der Waals surface area contributed by atoms with Gasteiger partial charge < -0.3 is 21.1 Å². The van der Waals surface area contributed by atoms with E-state index in [4.69, 9.17) is 15.9 Å². The van der Waals surface area contributed by atoms with E-state index in [-0.39, 0.29) is 0 Å². The van der Waals surface area contributed by atoms with Crippen LogP contribution in [0.25, 0.3) is 0 Å². The number of phenols is 1. The van der Waals surface area contributed by atoms with Crippen molar-refractivity contribution in [2.24, 2.45) is 5.73 Å². The van der Waals surface area contributed by atoms with Crippen molar-refractivity contribution in [3.63, 3.8) is 0 Å². The van der Waals surface area contributed by atoms with Gasteiger partial charge in [-0.2, -0.15) is 0 Å². The molecule has 124 valence electrons. The summed E-state index contributed by atoms with van der Waals surface area (Å²) in [5, 5.41) is 26.0. The maximum atomic E-state index is 9.93. The Kier molecular flexibility index (Phi) is 8.19. The van der Waals surface area contributed by atoms with E-state index >= 15 is 0 Å². The van der Waals surface area contributed by atoms with Crippen LogP contribution in [0.2, 0.25) is 0 Å². The van der Waals surface area contributed by atoms with E-state index < -0.39 is 24.4 Å². The molecule has 0 saturated carbocycles. The van der Waals surface area contributed by atoms with Crippen LogP contribution < -0.4 is 5.73 Å². The number of hydrogen-bond donors (Lipinski definition) is 4. The second-order valence-corrected chi connectivity index (χ2v) is 5.64. The minimum Gasteiger partial charge on any atom is -0.507 e. The minimum absolute atomic E-state index is 0.388. The third kappa shape index (κ3) is 6.58. The molecule has 6 heteroatoms. The molecule has 6 nitrogen and oxygen atoms in total. The Balaban J connectivity index is 0.000000433. The van der Waals surface area contributed by atoms with Crippen LogP contribution in [0.15, 0.2) is 18.2 Å². The second-order valence-electron chi connectivity index (χ2n) is 5.64. The molecule has 0 amide bonds. The maximum Gasteiger partial charge on any atom is 0.321 e. The standard InChI is InChI=1S/C12H18O.C4H7NO4/c1-8(2)10-6-5-7-11(9(3)4)12(10)13;5-2(4(8)9)1-3(6)7/h5-9,13H,1-4H3;2H,1,5H2,(H,6,7)(H,8,9). The summed E-state index contributed by atoms with van der Waals surface area (Å²) in [6.07, 6.45) is -0.532. The van der Waals surface area contributed by atoms with Crippen LogP contribution in [-0.4, -0.2) is 33.3 Å². The lowest BCUT2D eigenvalue weighted by atomic mass is 9.94. The van der Waals surface area contributed by atoms with Crippen LogP contribution in [0.4, 0.5) is 0 Å². The second kappa shape index (κ2) is 9.04. The summed E-state index contributed by atoms with van der Waals surface area (Å²) in [6.45, 7) is 8.39. The average Bonchev–Trinajstić information content (AvgIpc) is 2.38. The molecule has 0 heterocycles. The van der Waals surface area contributed by atoms with Crippen molar-refractivity contribution < 1.29 is 24.9 Å². The van der Waals surface area contributed by atoms with Gasteiger partial charge in [0.1, 0.15) is 11.8 Å². The summed E-state index contributed by atoms with van der Waals surface area (Å²) in [7, 11) is 0. The number of hydrogen-bond acceptors (Lipinski definition) is 4. The topological polar surface area (TPSA) is 121 Å². The summed E-state index contributed by atoms with van der Waals surface area (Å²) in [4.78, 5) is 19.6. The van der Waals surface area contributed by atoms with Gasteiger partial charge in [-0.25, -0.2) is 0 Å². The van der Waals surface area contributed by atoms with Gasteiger partial charge in [-0.3, -0.25) is 9.59 Å². The lowest BCUT2D eigenvalue weighted by Gasteiger charge is -2.14. The Labute approximate surface area is 130 Å². The molecule has 1 aromatic rings. The number of nitrogens with two attached hydrogens (primary N) is 1. The Morgan fingerprint density at radius 3 is 1.68 bits per heavy atom. The molecule has 0 saturated heterocycles. The van der Waals surface area contributed by atoms with Crippen LogP contribution in [0.5, 0.6) is 5.75 Å². The van der Waals surface area contributed by atoms with Gasteiger partial charge in [0, 0.05) is 0 Å². The quantitative estimate of drug-likeness (QED) is 0.663. The van der Waals surface area contributed by atoms with Gasteiger partial charge in [-0.05, 0) is 23.0 Å². The van der Waals surface area contributed by atoms with Crippen LogP contribution in [-0.2, 0) is 9.59 Å². The predicted octanol–water partition coefficient (Wildman–Crippen LogP) is 2.51. The molecule has 0 aliphatic carbocycles. The summed E-state index contributed by atoms with van der Waals surface area (Å²) in [5.74, 6) is -1.24. The van der Waals surface area contributed by atoms with E-state index in [1.54, 1.807) is 0 Å². The number of carbonyl (C=O) groups is 2. The molecule has 1 aromatic carbocycles. The van der Waals surface area contributed by atoms with E-state index in [0.29, 0.717) is 17.6 Å². The summed E-state index contributed by atoms with van der Waals surface area (Å²) < 4.78 is 0. The molecule has 1 unspecified atom stereocenters. The molecule has 1 rings (SSSR count). The van der Waals surface area contributed by atoms with Crippen molar-refractivity contribution in [3.05, 3.63) is 29.3 Å². The number of benzene rings is 1. The summed E-state index contributed by atoms with van der Waals surface area (Å²) in [5.41, 5.74) is 6.93. The first kappa shape index (κ1) is 19.9. The number of aliphatic carboxylic acids is 2. The minimum atomic E-state index is -1.29. The number of para-hydroxylation sites is 1. The van der Waals surface area contributed by atoms with Crippen LogP contribution in [0.1, 0.15) is 57.1 Å². The molecule has 0 radical (unpaired) electrons. The molecule has 0 aliphatic heterocycles. The van der Waals surface area contributed by atoms with Gasteiger partial charge in [-0.1, -0.05) is 45.9 Å². The Morgan fingerprint density at radius 2 is 1.45 bits per heavy atom. The lowest BCUT2D eigenvalue weighted by molar-refractivity contribution is -0.144. The molecule has 5 N–H and O–H groups in total. The van der Waals surface area contributed by atoms with Crippen molar-refractivity contribution >= 4 is 11.9 Å². The zero-order valence-corrected chi connectivity index (χ0v) is 13.4. The van der Waals surface area contributed by atoms with Crippen molar-refractivity contribution in [1.29, 1.82) is 0 Å². The number of rotatable bonds is 5. The molecule has 0 fully saturated rings. The molecule has 0 bridgehead atoms. The monoisotopic (exact) mass is 311 g/mol. The number of carboxylic acids is 2. The highest BCUT2D eigenvalue weighted by molar-refractivity contribution is 5.80. The normalized spacial score (nSPS) is 11.8. The van der Waals surface area contributed by atoms with E-state index in [2.05, 4.69) is 27.7 Å². The number of aromatic hydroxyl groups is 1. The molecule has 0 aliphatic rings. The zero-order chi connectivity index (χ0) is 17.4. The SMILES string of the molecule is CC(C)c1cccc(C(C)C)c1O.NC(CC(=O)O)C(=O)O. The van der Waals surface area contributed by atoms with Crippen LogP contribution in [0, 0.1) is 0 Å². The summed E-state index contributed by atoms with van der Waals surface area (Å²) in [6, 6.07) is 4.71. The fraction of sp³-hybridized carbons (Fsp3) is 0.500. The smallest absolute Gasteiger partial charge is 0.321 e. The van der Waals surface area contributed by atoms with Crippen LogP contribution >= 0.6 is 0 Å². The van der Waals surface area contributed by atoms with Gasteiger partial charge in [0.05, 0.1) is 6.42 Å². The summed E-state index contributed by atoms with van der Waals surface area (Å²) >= 11 is 0. The van der Waals surface area contributed by atoms with Gasteiger partial charge in [0.2, 0.25) is 0 Å². The van der Waals surface area contributed by atoms with E-state index in [9.17, 15) is 14.7 Å². The molecule has 0 aromatic heterocycles. The first-order valence-corrected chi connectivity index (χ1v) is 7.09. The van der Waals surface area contributed by atoms with Crippen molar-refractivity contribution in [3.8, 4) is 5.75 Å². The Hall–Kier alpha value is -2.08. The molecule has 1 atom stereocenters. The lowest BCUT2D eigenvalue weighted by Crippen LogP contribution is -2.32. The Morgan fingerprint density at radius 1 is 1.05 bits per heavy atom. The fourth-order valence-electron chi connectivity index (χ4n) is 1.79. The third-order valence-corrected chi connectivity index (χ3v) is 3.05. The number of carboxylic acid groups (broad SMARTS) is 2. The number of phenolic OH excluding ortho intramolecular Hbond substituents is 1. The highest BCUT2D eigenvalue weighted by Gasteiger charge is 2.14. The van der Waals surface area contributed by atoms with E-state index in [0.717, 1.165) is 11.1 Å². The maximum absolute atomic E-state index is 9.93. The highest BCUT2D eigenvalue weighted by atomic mass is 16.4. The first-order chi connectivity index (χ1) is 10.1. The zero-order valence-electron chi connectivity index (χ0n) is 13.4. The third-order valence-electron chi connectivity index (χ3n) is 3.05. The Bertz CT molecular complexity index is 485. The molecule has 0 spiro atoms. The van der Waals surface area contributed by atoms with Crippen LogP contribution in [0.3, 0.4) is 0 Å². The van der Waals surface area contributed by atoms with Gasteiger partial charge in [0.15, 0.2) is 0 Å². The van der Waals surface area contributed by atoms with Gasteiger partial charge in [0.25, 0.3) is 0 Å². The van der Waals surface area contributed by atoms with Crippen molar-refractivity contribution in [2.75, 3.05) is 0 Å². The van der Waals surface area contributed by atoms with Gasteiger partial charge in [-0.15, -0.1) is 0 Å². The van der Waals surface area contributed by atoms with E-state index in [1.807, 2.05) is 18.2 Å². The average molecular weight is 311 g/mol. The highest BCUT2D eigenvalue weighted by Crippen LogP contribution is 2.32.